The van der Waals surface area contributed by atoms with E-state index in [4.69, 9.17) is 5.26 Å². The van der Waals surface area contributed by atoms with Gasteiger partial charge in [0.15, 0.2) is 0 Å². The van der Waals surface area contributed by atoms with Crippen molar-refractivity contribution in [3.05, 3.63) is 64.1 Å². The highest BCUT2D eigenvalue weighted by molar-refractivity contribution is 5.29. The van der Waals surface area contributed by atoms with Gasteiger partial charge < -0.3 is 9.67 Å². The maximum atomic E-state index is 11.8. The monoisotopic (exact) mass is 226 g/mol. The van der Waals surface area contributed by atoms with Gasteiger partial charge in [0.25, 0.3) is 5.56 Å². The molecule has 1 aromatic carbocycles. The minimum absolute atomic E-state index is 0.118. The molecular weight excluding hydrogens is 216 g/mol. The Hall–Kier alpha value is -2.54. The molecular formula is C13H10N2O2. The van der Waals surface area contributed by atoms with Crippen molar-refractivity contribution in [3.63, 3.8) is 0 Å². The molecule has 0 aliphatic heterocycles. The zero-order valence-electron chi connectivity index (χ0n) is 9.00. The SMILES string of the molecule is N#Cc1cccn(Cc2cccc(O)c2)c1=O. The third-order valence-corrected chi connectivity index (χ3v) is 2.40. The average molecular weight is 226 g/mol. The van der Waals surface area contributed by atoms with E-state index < -0.39 is 0 Å². The van der Waals surface area contributed by atoms with Crippen LogP contribution in [0.2, 0.25) is 0 Å². The van der Waals surface area contributed by atoms with E-state index in [1.807, 2.05) is 12.1 Å². The molecule has 17 heavy (non-hydrogen) atoms. The van der Waals surface area contributed by atoms with Gasteiger partial charge in [-0.15, -0.1) is 0 Å². The molecule has 2 aromatic rings. The highest BCUT2D eigenvalue weighted by Crippen LogP contribution is 2.11. The van der Waals surface area contributed by atoms with Crippen LogP contribution in [0.3, 0.4) is 0 Å². The van der Waals surface area contributed by atoms with Crippen molar-refractivity contribution in [1.29, 1.82) is 5.26 Å². The molecule has 0 spiro atoms. The van der Waals surface area contributed by atoms with Crippen LogP contribution in [-0.4, -0.2) is 9.67 Å². The number of nitrogens with zero attached hydrogens (tertiary/aromatic N) is 2. The quantitative estimate of drug-likeness (QED) is 0.843. The van der Waals surface area contributed by atoms with Crippen LogP contribution in [0.5, 0.6) is 5.75 Å². The van der Waals surface area contributed by atoms with Crippen molar-refractivity contribution in [1.82, 2.24) is 4.57 Å². The number of hydrogen-bond donors (Lipinski definition) is 1. The summed E-state index contributed by atoms with van der Waals surface area (Å²) in [5.41, 5.74) is 0.605. The minimum atomic E-state index is -0.321. The molecule has 0 aliphatic carbocycles. The van der Waals surface area contributed by atoms with E-state index in [1.165, 1.54) is 10.6 Å². The van der Waals surface area contributed by atoms with Gasteiger partial charge in [-0.3, -0.25) is 4.79 Å². The van der Waals surface area contributed by atoms with Crippen LogP contribution in [0.25, 0.3) is 0 Å². The number of benzene rings is 1. The van der Waals surface area contributed by atoms with E-state index in [2.05, 4.69) is 0 Å². The number of rotatable bonds is 2. The third-order valence-electron chi connectivity index (χ3n) is 2.40. The first-order chi connectivity index (χ1) is 8.20. The van der Waals surface area contributed by atoms with Crippen molar-refractivity contribution in [2.24, 2.45) is 0 Å². The fraction of sp³-hybridized carbons (Fsp3) is 0.0769. The molecule has 0 aliphatic rings. The number of aromatic hydroxyl groups is 1. The molecule has 1 heterocycles. The second kappa shape index (κ2) is 4.54. The van der Waals surface area contributed by atoms with Gasteiger partial charge in [0.2, 0.25) is 0 Å². The molecule has 0 unspecified atom stereocenters. The van der Waals surface area contributed by atoms with Crippen LogP contribution in [0, 0.1) is 11.3 Å². The summed E-state index contributed by atoms with van der Waals surface area (Å²) >= 11 is 0. The highest BCUT2D eigenvalue weighted by Gasteiger charge is 2.03. The lowest BCUT2D eigenvalue weighted by molar-refractivity contribution is 0.474. The fourth-order valence-electron chi connectivity index (χ4n) is 1.60. The molecule has 4 nitrogen and oxygen atoms in total. The van der Waals surface area contributed by atoms with E-state index in [0.717, 1.165) is 5.56 Å². The molecule has 0 amide bonds. The van der Waals surface area contributed by atoms with Gasteiger partial charge in [0, 0.05) is 6.20 Å². The molecule has 4 heteroatoms. The Labute approximate surface area is 98.0 Å². The Morgan fingerprint density at radius 3 is 2.82 bits per heavy atom. The lowest BCUT2D eigenvalue weighted by Crippen LogP contribution is -2.22. The Kier molecular flexibility index (Phi) is 2.93. The van der Waals surface area contributed by atoms with Crippen molar-refractivity contribution in [2.75, 3.05) is 0 Å². The second-order valence-corrected chi connectivity index (χ2v) is 3.64. The minimum Gasteiger partial charge on any atom is -0.508 e. The molecule has 84 valence electrons. The molecule has 0 saturated heterocycles. The lowest BCUT2D eigenvalue weighted by Gasteiger charge is -2.06. The Morgan fingerprint density at radius 1 is 1.29 bits per heavy atom. The zero-order valence-corrected chi connectivity index (χ0v) is 9.00. The molecule has 2 rings (SSSR count). The first-order valence-electron chi connectivity index (χ1n) is 5.08. The first-order valence-corrected chi connectivity index (χ1v) is 5.08. The fourth-order valence-corrected chi connectivity index (χ4v) is 1.60. The number of phenols is 1. The standard InChI is InChI=1S/C13H10N2O2/c14-8-11-4-2-6-15(13(11)17)9-10-3-1-5-12(16)7-10/h1-7,16H,9H2. The maximum absolute atomic E-state index is 11.8. The molecule has 0 saturated carbocycles. The van der Waals surface area contributed by atoms with Crippen molar-refractivity contribution >= 4 is 0 Å². The second-order valence-electron chi connectivity index (χ2n) is 3.64. The van der Waals surface area contributed by atoms with Crippen LogP contribution in [0.4, 0.5) is 0 Å². The molecule has 0 atom stereocenters. The first kappa shape index (κ1) is 11.0. The van der Waals surface area contributed by atoms with Gasteiger partial charge in [0.05, 0.1) is 6.54 Å². The zero-order chi connectivity index (χ0) is 12.3. The molecule has 0 bridgehead atoms. The average Bonchev–Trinajstić information content (AvgIpc) is 2.32. The van der Waals surface area contributed by atoms with Gasteiger partial charge in [-0.05, 0) is 29.8 Å². The summed E-state index contributed by atoms with van der Waals surface area (Å²) in [5, 5.41) is 18.1. The molecule has 0 radical (unpaired) electrons. The van der Waals surface area contributed by atoms with Gasteiger partial charge in [-0.25, -0.2) is 0 Å². The predicted octanol–water partition coefficient (Wildman–Crippen LogP) is 1.47. The summed E-state index contributed by atoms with van der Waals surface area (Å²) in [6.45, 7) is 0.336. The summed E-state index contributed by atoms with van der Waals surface area (Å²) in [4.78, 5) is 11.8. The summed E-state index contributed by atoms with van der Waals surface area (Å²) in [7, 11) is 0. The number of nitriles is 1. The molecule has 1 aromatic heterocycles. The predicted molar refractivity (Wildman–Crippen MR) is 62.6 cm³/mol. The van der Waals surface area contributed by atoms with Crippen LogP contribution in [-0.2, 0) is 6.54 Å². The third kappa shape index (κ3) is 2.34. The van der Waals surface area contributed by atoms with Gasteiger partial charge in [0.1, 0.15) is 17.4 Å². The Morgan fingerprint density at radius 2 is 2.12 bits per heavy atom. The van der Waals surface area contributed by atoms with E-state index in [-0.39, 0.29) is 16.9 Å². The van der Waals surface area contributed by atoms with E-state index in [9.17, 15) is 9.90 Å². The van der Waals surface area contributed by atoms with E-state index >= 15 is 0 Å². The molecule has 0 fully saturated rings. The van der Waals surface area contributed by atoms with Crippen molar-refractivity contribution in [3.8, 4) is 11.8 Å². The van der Waals surface area contributed by atoms with Crippen LogP contribution in [0.15, 0.2) is 47.4 Å². The maximum Gasteiger partial charge on any atom is 0.268 e. The largest absolute Gasteiger partial charge is 0.508 e. The van der Waals surface area contributed by atoms with Crippen molar-refractivity contribution in [2.45, 2.75) is 6.54 Å². The van der Waals surface area contributed by atoms with E-state index in [1.54, 1.807) is 30.5 Å². The van der Waals surface area contributed by atoms with Gasteiger partial charge in [-0.1, -0.05) is 12.1 Å². The summed E-state index contributed by atoms with van der Waals surface area (Å²) < 4.78 is 1.44. The van der Waals surface area contributed by atoms with Crippen LogP contribution in [0.1, 0.15) is 11.1 Å². The summed E-state index contributed by atoms with van der Waals surface area (Å²) in [6.07, 6.45) is 1.62. The smallest absolute Gasteiger partial charge is 0.268 e. The number of aromatic nitrogens is 1. The lowest BCUT2D eigenvalue weighted by atomic mass is 10.2. The highest BCUT2D eigenvalue weighted by atomic mass is 16.3. The topological polar surface area (TPSA) is 66.0 Å². The van der Waals surface area contributed by atoms with E-state index in [0.29, 0.717) is 6.54 Å². The van der Waals surface area contributed by atoms with Crippen LogP contribution < -0.4 is 5.56 Å². The number of pyridine rings is 1. The van der Waals surface area contributed by atoms with Crippen molar-refractivity contribution < 1.29 is 5.11 Å². The summed E-state index contributed by atoms with van der Waals surface area (Å²) in [5.74, 6) is 0.159. The summed E-state index contributed by atoms with van der Waals surface area (Å²) in [6, 6.07) is 11.7. The number of phenolic OH excluding ortho intramolecular Hbond substituents is 1. The van der Waals surface area contributed by atoms with Crippen LogP contribution >= 0.6 is 0 Å². The Balaban J connectivity index is 2.38. The normalized spacial score (nSPS) is 9.82. The van der Waals surface area contributed by atoms with Gasteiger partial charge in [-0.2, -0.15) is 5.26 Å². The Bertz CT molecular complexity index is 638. The number of hydrogen-bond acceptors (Lipinski definition) is 3. The van der Waals surface area contributed by atoms with Gasteiger partial charge >= 0.3 is 0 Å². The molecule has 1 N–H and O–H groups in total.